The highest BCUT2D eigenvalue weighted by Gasteiger charge is 2.26. The van der Waals surface area contributed by atoms with Crippen molar-refractivity contribution >= 4 is 5.91 Å². The molecule has 6 nitrogen and oxygen atoms in total. The van der Waals surface area contributed by atoms with Crippen LogP contribution >= 0.6 is 0 Å². The van der Waals surface area contributed by atoms with Crippen molar-refractivity contribution in [3.05, 3.63) is 102 Å². The Morgan fingerprint density at radius 2 is 1.68 bits per heavy atom. The minimum absolute atomic E-state index is 0.0467. The molecular formula is C25H23N5O. The molecule has 0 radical (unpaired) electrons. The normalized spacial score (nSPS) is 15.3. The molecule has 2 aromatic heterocycles. The first-order valence-corrected chi connectivity index (χ1v) is 10.5. The van der Waals surface area contributed by atoms with E-state index >= 15 is 0 Å². The summed E-state index contributed by atoms with van der Waals surface area (Å²) in [4.78, 5) is 21.6. The Morgan fingerprint density at radius 1 is 0.968 bits per heavy atom. The zero-order valence-corrected chi connectivity index (χ0v) is 17.1. The van der Waals surface area contributed by atoms with E-state index < -0.39 is 0 Å². The fraction of sp³-hybridized carbons (Fsp3) is 0.200. The second-order valence-corrected chi connectivity index (χ2v) is 7.77. The zero-order valence-electron chi connectivity index (χ0n) is 17.1. The quantitative estimate of drug-likeness (QED) is 0.536. The smallest absolute Gasteiger partial charge is 0.254 e. The van der Waals surface area contributed by atoms with Crippen LogP contribution in [0.4, 0.5) is 0 Å². The molecule has 1 N–H and O–H groups in total. The summed E-state index contributed by atoms with van der Waals surface area (Å²) in [6, 6.07) is 20.0. The Hall–Kier alpha value is -3.80. The summed E-state index contributed by atoms with van der Waals surface area (Å²) < 4.78 is 2.06. The van der Waals surface area contributed by atoms with Crippen molar-refractivity contribution in [2.75, 3.05) is 0 Å². The van der Waals surface area contributed by atoms with Crippen LogP contribution in [0.3, 0.4) is 0 Å². The van der Waals surface area contributed by atoms with Gasteiger partial charge in [-0.15, -0.1) is 0 Å². The molecule has 4 aromatic rings. The molecule has 1 atom stereocenters. The lowest BCUT2D eigenvalue weighted by Gasteiger charge is -2.24. The lowest BCUT2D eigenvalue weighted by Crippen LogP contribution is -2.31. The molecule has 5 rings (SSSR count). The molecule has 0 aliphatic heterocycles. The highest BCUT2D eigenvalue weighted by molar-refractivity contribution is 5.94. The maximum absolute atomic E-state index is 12.9. The van der Waals surface area contributed by atoms with Crippen molar-refractivity contribution in [2.45, 2.75) is 31.8 Å². The molecule has 31 heavy (non-hydrogen) atoms. The van der Waals surface area contributed by atoms with Gasteiger partial charge in [0.05, 0.1) is 24.3 Å². The summed E-state index contributed by atoms with van der Waals surface area (Å²) in [6.45, 7) is 0.742. The molecule has 154 valence electrons. The minimum Gasteiger partial charge on any atom is -0.345 e. The van der Waals surface area contributed by atoms with Crippen LogP contribution in [0.15, 0.2) is 79.3 Å². The topological polar surface area (TPSA) is 72.7 Å². The van der Waals surface area contributed by atoms with Crippen molar-refractivity contribution in [1.29, 1.82) is 0 Å². The van der Waals surface area contributed by atoms with E-state index in [1.807, 2.05) is 54.7 Å². The molecule has 1 aliphatic carbocycles. The van der Waals surface area contributed by atoms with Crippen LogP contribution in [-0.4, -0.2) is 25.7 Å². The number of aromatic nitrogens is 4. The van der Waals surface area contributed by atoms with Gasteiger partial charge in [-0.25, -0.2) is 9.97 Å². The second-order valence-electron chi connectivity index (χ2n) is 7.77. The van der Waals surface area contributed by atoms with Gasteiger partial charge in [0.25, 0.3) is 5.91 Å². The number of carbonyl (C=O) groups excluding carboxylic acids is 1. The number of nitrogens with one attached hydrogen (secondary N) is 1. The van der Waals surface area contributed by atoms with Crippen LogP contribution in [-0.2, 0) is 13.0 Å². The molecule has 6 heteroatoms. The lowest BCUT2D eigenvalue weighted by atomic mass is 9.92. The summed E-state index contributed by atoms with van der Waals surface area (Å²) in [5.74, 6) is 0.451. The van der Waals surface area contributed by atoms with E-state index in [2.05, 4.69) is 37.2 Å². The number of hydrogen-bond acceptors (Lipinski definition) is 4. The fourth-order valence-corrected chi connectivity index (χ4v) is 4.08. The SMILES string of the molecule is O=C(NC1CCCc2c1cnn2Cc1ccccc1)c1cnc(-c2ccccc2)nc1. The van der Waals surface area contributed by atoms with Gasteiger partial charge in [0, 0.05) is 29.2 Å². The Bertz CT molecular complexity index is 1170. The van der Waals surface area contributed by atoms with E-state index in [0.717, 1.165) is 36.9 Å². The lowest BCUT2D eigenvalue weighted by molar-refractivity contribution is 0.0932. The number of fused-ring (bicyclic) bond motifs is 1. The maximum Gasteiger partial charge on any atom is 0.254 e. The van der Waals surface area contributed by atoms with Gasteiger partial charge in [-0.05, 0) is 24.8 Å². The van der Waals surface area contributed by atoms with E-state index in [9.17, 15) is 4.79 Å². The third kappa shape index (κ3) is 4.10. The molecule has 2 heterocycles. The van der Waals surface area contributed by atoms with Gasteiger partial charge in [0.2, 0.25) is 0 Å². The standard InChI is InChI=1S/C25H23N5O/c31-25(20-14-26-24(27-15-20)19-10-5-2-6-11-19)29-22-12-7-13-23-21(22)16-28-30(23)17-18-8-3-1-4-9-18/h1-6,8-11,14-16,22H,7,12-13,17H2,(H,29,31). The van der Waals surface area contributed by atoms with Crippen molar-refractivity contribution in [1.82, 2.24) is 25.1 Å². The summed E-state index contributed by atoms with van der Waals surface area (Å²) in [5.41, 5.74) is 4.92. The zero-order chi connectivity index (χ0) is 21.0. The number of carbonyl (C=O) groups is 1. The predicted molar refractivity (Wildman–Crippen MR) is 118 cm³/mol. The van der Waals surface area contributed by atoms with Crippen LogP contribution in [0, 0.1) is 0 Å². The van der Waals surface area contributed by atoms with E-state index in [1.54, 1.807) is 12.4 Å². The molecule has 1 unspecified atom stereocenters. The van der Waals surface area contributed by atoms with Gasteiger partial charge < -0.3 is 5.32 Å². The van der Waals surface area contributed by atoms with Gasteiger partial charge >= 0.3 is 0 Å². The molecule has 1 aliphatic rings. The van der Waals surface area contributed by atoms with Crippen molar-refractivity contribution in [3.8, 4) is 11.4 Å². The summed E-state index contributed by atoms with van der Waals surface area (Å²) in [5, 5.41) is 7.76. The number of nitrogens with zero attached hydrogens (tertiary/aromatic N) is 4. The van der Waals surface area contributed by atoms with Gasteiger partial charge in [0.15, 0.2) is 5.82 Å². The van der Waals surface area contributed by atoms with Crippen LogP contribution < -0.4 is 5.32 Å². The third-order valence-corrected chi connectivity index (χ3v) is 5.69. The van der Waals surface area contributed by atoms with Crippen molar-refractivity contribution in [2.24, 2.45) is 0 Å². The Morgan fingerprint density at radius 3 is 2.42 bits per heavy atom. The van der Waals surface area contributed by atoms with Crippen molar-refractivity contribution < 1.29 is 4.79 Å². The monoisotopic (exact) mass is 409 g/mol. The first-order chi connectivity index (χ1) is 15.3. The van der Waals surface area contributed by atoms with Crippen LogP contribution in [0.25, 0.3) is 11.4 Å². The molecular weight excluding hydrogens is 386 g/mol. The number of rotatable bonds is 5. The summed E-state index contributed by atoms with van der Waals surface area (Å²) in [6.07, 6.45) is 7.97. The van der Waals surface area contributed by atoms with Gasteiger partial charge in [0.1, 0.15) is 0 Å². The molecule has 2 aromatic carbocycles. The van der Waals surface area contributed by atoms with Gasteiger partial charge in [-0.2, -0.15) is 5.10 Å². The Labute approximate surface area is 181 Å². The highest BCUT2D eigenvalue weighted by Crippen LogP contribution is 2.30. The minimum atomic E-state index is -0.159. The Kier molecular flexibility index (Phi) is 5.27. The van der Waals surface area contributed by atoms with E-state index in [4.69, 9.17) is 0 Å². The number of amides is 1. The Balaban J connectivity index is 1.31. The van der Waals surface area contributed by atoms with E-state index in [1.165, 1.54) is 11.3 Å². The van der Waals surface area contributed by atoms with E-state index in [-0.39, 0.29) is 11.9 Å². The predicted octanol–water partition coefficient (Wildman–Crippen LogP) is 4.20. The second kappa shape index (κ2) is 8.52. The number of benzene rings is 2. The molecule has 0 fully saturated rings. The molecule has 0 saturated heterocycles. The molecule has 0 spiro atoms. The van der Waals surface area contributed by atoms with Gasteiger partial charge in [-0.3, -0.25) is 9.48 Å². The summed E-state index contributed by atoms with van der Waals surface area (Å²) in [7, 11) is 0. The average Bonchev–Trinajstić information content (AvgIpc) is 3.24. The van der Waals surface area contributed by atoms with Crippen LogP contribution in [0.1, 0.15) is 46.1 Å². The average molecular weight is 409 g/mol. The van der Waals surface area contributed by atoms with Crippen molar-refractivity contribution in [3.63, 3.8) is 0 Å². The first kappa shape index (κ1) is 19.2. The highest BCUT2D eigenvalue weighted by atomic mass is 16.1. The van der Waals surface area contributed by atoms with Gasteiger partial charge in [-0.1, -0.05) is 60.7 Å². The molecule has 1 amide bonds. The van der Waals surface area contributed by atoms with E-state index in [0.29, 0.717) is 11.4 Å². The maximum atomic E-state index is 12.9. The summed E-state index contributed by atoms with van der Waals surface area (Å²) >= 11 is 0. The third-order valence-electron chi connectivity index (χ3n) is 5.69. The number of hydrogen-bond donors (Lipinski definition) is 1. The molecule has 0 bridgehead atoms. The largest absolute Gasteiger partial charge is 0.345 e. The first-order valence-electron chi connectivity index (χ1n) is 10.5. The van der Waals surface area contributed by atoms with Crippen LogP contribution in [0.2, 0.25) is 0 Å². The fourth-order valence-electron chi connectivity index (χ4n) is 4.08. The van der Waals surface area contributed by atoms with Crippen LogP contribution in [0.5, 0.6) is 0 Å². The molecule has 0 saturated carbocycles.